The summed E-state index contributed by atoms with van der Waals surface area (Å²) in [6.45, 7) is 5.41. The van der Waals surface area contributed by atoms with E-state index < -0.39 is 0 Å². The van der Waals surface area contributed by atoms with Crippen molar-refractivity contribution in [1.82, 2.24) is 0 Å². The summed E-state index contributed by atoms with van der Waals surface area (Å²) < 4.78 is 5.23. The van der Waals surface area contributed by atoms with E-state index in [1.165, 1.54) is 17.5 Å². The highest BCUT2D eigenvalue weighted by Crippen LogP contribution is 2.27. The largest absolute Gasteiger partial charge is 0.372 e. The van der Waals surface area contributed by atoms with Crippen LogP contribution in [-0.4, -0.2) is 12.7 Å². The molecule has 1 fully saturated rings. The lowest BCUT2D eigenvalue weighted by Gasteiger charge is -2.13. The van der Waals surface area contributed by atoms with Crippen LogP contribution in [0.15, 0.2) is 24.3 Å². The molecule has 0 amide bonds. The summed E-state index contributed by atoms with van der Waals surface area (Å²) >= 11 is 0. The summed E-state index contributed by atoms with van der Waals surface area (Å²) in [4.78, 5) is 0. The molecule has 1 aliphatic rings. The van der Waals surface area contributed by atoms with Crippen LogP contribution in [0.25, 0.3) is 0 Å². The zero-order valence-electron chi connectivity index (χ0n) is 8.86. The average molecular weight is 189 g/mol. The van der Waals surface area contributed by atoms with E-state index in [2.05, 4.69) is 44.5 Å². The third-order valence-corrected chi connectivity index (χ3v) is 2.86. The van der Waals surface area contributed by atoms with Crippen molar-refractivity contribution < 1.29 is 4.74 Å². The lowest BCUT2D eigenvalue weighted by molar-refractivity contribution is 0.431. The minimum atomic E-state index is 0.375. The molecule has 75 valence electrons. The van der Waals surface area contributed by atoms with Crippen LogP contribution in [0.4, 0.5) is 0 Å². The highest BCUT2D eigenvalue weighted by molar-refractivity contribution is 5.37. The van der Waals surface area contributed by atoms with E-state index in [-0.39, 0.29) is 0 Å². The van der Waals surface area contributed by atoms with Crippen LogP contribution >= 0.6 is 0 Å². The smallest absolute Gasteiger partial charge is 0.0885 e. The molecule has 0 N–H and O–H groups in total. The first-order valence-corrected chi connectivity index (χ1v) is 5.36. The zero-order valence-corrected chi connectivity index (χ0v) is 8.86. The molecule has 2 atom stereocenters. The number of ether oxygens (including phenoxy) is 1. The molecular formula is C13H17O. The van der Waals surface area contributed by atoms with Crippen molar-refractivity contribution in [3.8, 4) is 0 Å². The summed E-state index contributed by atoms with van der Waals surface area (Å²) in [5.41, 5.74) is 2.80. The SMILES string of the molecule is CCC(C)c1ccccc1[CH]C1CO1. The lowest BCUT2D eigenvalue weighted by atomic mass is 9.92. The van der Waals surface area contributed by atoms with Gasteiger partial charge < -0.3 is 4.74 Å². The number of hydrogen-bond acceptors (Lipinski definition) is 1. The van der Waals surface area contributed by atoms with Gasteiger partial charge in [0.05, 0.1) is 12.7 Å². The van der Waals surface area contributed by atoms with Gasteiger partial charge in [-0.15, -0.1) is 0 Å². The highest BCUT2D eigenvalue weighted by atomic mass is 16.6. The fraction of sp³-hybridized carbons (Fsp3) is 0.462. The molecule has 1 heteroatoms. The quantitative estimate of drug-likeness (QED) is 0.663. The maximum Gasteiger partial charge on any atom is 0.0885 e. The molecule has 1 aliphatic heterocycles. The molecule has 0 spiro atoms. The van der Waals surface area contributed by atoms with Crippen LogP contribution in [-0.2, 0) is 4.74 Å². The molecular weight excluding hydrogens is 172 g/mol. The summed E-state index contributed by atoms with van der Waals surface area (Å²) in [5.74, 6) is 0.640. The Bertz CT molecular complexity index is 302. The second-order valence-electron chi connectivity index (χ2n) is 3.98. The third kappa shape index (κ3) is 2.16. The Balaban J connectivity index is 2.18. The number of epoxide rings is 1. The summed E-state index contributed by atoms with van der Waals surface area (Å²) in [6, 6.07) is 8.62. The summed E-state index contributed by atoms with van der Waals surface area (Å²) in [7, 11) is 0. The standard InChI is InChI=1S/C13H17O/c1-3-10(2)13-7-5-4-6-11(13)8-12-9-14-12/h4-8,10,12H,3,9H2,1-2H3. The van der Waals surface area contributed by atoms with Gasteiger partial charge in [0.15, 0.2) is 0 Å². The molecule has 0 aromatic heterocycles. The van der Waals surface area contributed by atoms with Crippen LogP contribution < -0.4 is 0 Å². The van der Waals surface area contributed by atoms with Crippen molar-refractivity contribution in [2.75, 3.05) is 6.61 Å². The minimum Gasteiger partial charge on any atom is -0.372 e. The highest BCUT2D eigenvalue weighted by Gasteiger charge is 2.24. The fourth-order valence-corrected chi connectivity index (χ4v) is 1.68. The second kappa shape index (κ2) is 4.14. The number of hydrogen-bond donors (Lipinski definition) is 0. The van der Waals surface area contributed by atoms with E-state index in [1.807, 2.05) is 0 Å². The van der Waals surface area contributed by atoms with E-state index in [0.717, 1.165) is 6.61 Å². The monoisotopic (exact) mass is 189 g/mol. The molecule has 2 unspecified atom stereocenters. The Kier molecular flexibility index (Phi) is 2.87. The summed E-state index contributed by atoms with van der Waals surface area (Å²) in [6.07, 6.45) is 3.80. The molecule has 1 radical (unpaired) electrons. The normalized spacial score (nSPS) is 22.0. The van der Waals surface area contributed by atoms with Crippen LogP contribution in [0.3, 0.4) is 0 Å². The van der Waals surface area contributed by atoms with Crippen molar-refractivity contribution in [2.24, 2.45) is 0 Å². The molecule has 1 aromatic carbocycles. The van der Waals surface area contributed by atoms with Crippen LogP contribution in [0.5, 0.6) is 0 Å². The van der Waals surface area contributed by atoms with Gasteiger partial charge >= 0.3 is 0 Å². The maximum absolute atomic E-state index is 5.23. The van der Waals surface area contributed by atoms with Gasteiger partial charge in [0, 0.05) is 6.42 Å². The molecule has 1 heterocycles. The predicted octanol–water partition coefficient (Wildman–Crippen LogP) is 3.15. The molecule has 1 nitrogen and oxygen atoms in total. The van der Waals surface area contributed by atoms with E-state index in [1.54, 1.807) is 0 Å². The Morgan fingerprint density at radius 1 is 1.50 bits per heavy atom. The Morgan fingerprint density at radius 3 is 2.86 bits per heavy atom. The summed E-state index contributed by atoms with van der Waals surface area (Å²) in [5, 5.41) is 0. The Morgan fingerprint density at radius 2 is 2.21 bits per heavy atom. The zero-order chi connectivity index (χ0) is 9.97. The first-order chi connectivity index (χ1) is 6.81. The van der Waals surface area contributed by atoms with Gasteiger partial charge in [0.1, 0.15) is 0 Å². The van der Waals surface area contributed by atoms with E-state index in [9.17, 15) is 0 Å². The third-order valence-electron chi connectivity index (χ3n) is 2.86. The van der Waals surface area contributed by atoms with Crippen molar-refractivity contribution in [3.63, 3.8) is 0 Å². The second-order valence-corrected chi connectivity index (χ2v) is 3.98. The van der Waals surface area contributed by atoms with Gasteiger partial charge in [-0.1, -0.05) is 38.1 Å². The Hall–Kier alpha value is -0.820. The fourth-order valence-electron chi connectivity index (χ4n) is 1.68. The number of benzene rings is 1. The predicted molar refractivity (Wildman–Crippen MR) is 58.3 cm³/mol. The van der Waals surface area contributed by atoms with E-state index in [4.69, 9.17) is 4.74 Å². The van der Waals surface area contributed by atoms with Crippen LogP contribution in [0.2, 0.25) is 0 Å². The van der Waals surface area contributed by atoms with E-state index in [0.29, 0.717) is 12.0 Å². The molecule has 0 saturated carbocycles. The van der Waals surface area contributed by atoms with Crippen LogP contribution in [0.1, 0.15) is 37.3 Å². The Labute approximate surface area is 86.1 Å². The van der Waals surface area contributed by atoms with Crippen molar-refractivity contribution in [3.05, 3.63) is 41.8 Å². The van der Waals surface area contributed by atoms with Gasteiger partial charge in [-0.25, -0.2) is 0 Å². The molecule has 1 saturated heterocycles. The van der Waals surface area contributed by atoms with Crippen molar-refractivity contribution >= 4 is 0 Å². The first kappa shape index (κ1) is 9.72. The first-order valence-electron chi connectivity index (χ1n) is 5.36. The molecule has 0 aliphatic carbocycles. The average Bonchev–Trinajstić information content (AvgIpc) is 3.01. The van der Waals surface area contributed by atoms with Crippen LogP contribution in [0, 0.1) is 6.42 Å². The molecule has 2 rings (SSSR count). The van der Waals surface area contributed by atoms with Crippen molar-refractivity contribution in [1.29, 1.82) is 0 Å². The topological polar surface area (TPSA) is 12.5 Å². The minimum absolute atomic E-state index is 0.375. The van der Waals surface area contributed by atoms with Gasteiger partial charge in [-0.2, -0.15) is 0 Å². The van der Waals surface area contributed by atoms with Crippen molar-refractivity contribution in [2.45, 2.75) is 32.3 Å². The molecule has 0 bridgehead atoms. The van der Waals surface area contributed by atoms with Gasteiger partial charge in [-0.3, -0.25) is 0 Å². The number of rotatable bonds is 4. The lowest BCUT2D eigenvalue weighted by Crippen LogP contribution is -1.99. The maximum atomic E-state index is 5.23. The van der Waals surface area contributed by atoms with Gasteiger partial charge in [0.2, 0.25) is 0 Å². The molecule has 1 aromatic rings. The molecule has 14 heavy (non-hydrogen) atoms. The van der Waals surface area contributed by atoms with Gasteiger partial charge in [-0.05, 0) is 23.5 Å². The van der Waals surface area contributed by atoms with Gasteiger partial charge in [0.25, 0.3) is 0 Å². The van der Waals surface area contributed by atoms with E-state index >= 15 is 0 Å².